The molecule has 3 heterocycles. The molecule has 0 amide bonds. The van der Waals surface area contributed by atoms with Crippen molar-refractivity contribution in [3.63, 3.8) is 0 Å². The Bertz CT molecular complexity index is 935. The molecule has 0 bridgehead atoms. The molecule has 1 aromatic carbocycles. The van der Waals surface area contributed by atoms with E-state index in [0.29, 0.717) is 17.2 Å². The lowest BCUT2D eigenvalue weighted by Gasteiger charge is -2.00. The highest BCUT2D eigenvalue weighted by atomic mass is 32.1. The van der Waals surface area contributed by atoms with Crippen molar-refractivity contribution in [2.24, 2.45) is 0 Å². The van der Waals surface area contributed by atoms with E-state index in [2.05, 4.69) is 5.16 Å². The lowest BCUT2D eigenvalue weighted by molar-refractivity contribution is -0.144. The van der Waals surface area contributed by atoms with E-state index in [9.17, 15) is 4.79 Å². The fourth-order valence-electron chi connectivity index (χ4n) is 2.36. The maximum atomic E-state index is 11.8. The molecule has 5 nitrogen and oxygen atoms in total. The Balaban J connectivity index is 1.42. The molecule has 4 rings (SSSR count). The third-order valence-corrected chi connectivity index (χ3v) is 4.38. The van der Waals surface area contributed by atoms with Gasteiger partial charge in [-0.2, -0.15) is 0 Å². The molecule has 0 atom stereocenters. The average Bonchev–Trinajstić information content (AvgIpc) is 3.32. The van der Waals surface area contributed by atoms with Gasteiger partial charge in [0.1, 0.15) is 17.9 Å². The molecule has 6 heteroatoms. The van der Waals surface area contributed by atoms with Crippen LogP contribution in [0.25, 0.3) is 22.5 Å². The Hall–Kier alpha value is -2.86. The van der Waals surface area contributed by atoms with Crippen molar-refractivity contribution in [1.82, 2.24) is 5.16 Å². The van der Waals surface area contributed by atoms with Crippen LogP contribution < -0.4 is 0 Å². The maximum absolute atomic E-state index is 11.8. The van der Waals surface area contributed by atoms with Gasteiger partial charge >= 0.3 is 5.97 Å². The average molecular weight is 339 g/mol. The van der Waals surface area contributed by atoms with Crippen molar-refractivity contribution in [2.75, 3.05) is 0 Å². The van der Waals surface area contributed by atoms with Gasteiger partial charge in [-0.1, -0.05) is 29.4 Å². The van der Waals surface area contributed by atoms with E-state index in [1.807, 2.05) is 47.8 Å². The van der Waals surface area contributed by atoms with Crippen molar-refractivity contribution in [3.05, 3.63) is 64.5 Å². The predicted octanol–water partition coefficient (Wildman–Crippen LogP) is 4.44. The quantitative estimate of drug-likeness (QED) is 0.503. The van der Waals surface area contributed by atoms with Gasteiger partial charge in [0.2, 0.25) is 5.76 Å². The predicted molar refractivity (Wildman–Crippen MR) is 89.5 cm³/mol. The molecule has 0 fully saturated rings. The monoisotopic (exact) mass is 339 g/mol. The van der Waals surface area contributed by atoms with Gasteiger partial charge in [-0.25, -0.2) is 0 Å². The van der Waals surface area contributed by atoms with Gasteiger partial charge in [0, 0.05) is 16.3 Å². The fraction of sp³-hybridized carbons (Fsp3) is 0.111. The number of esters is 1. The minimum absolute atomic E-state index is 0.0773. The molecule has 0 saturated heterocycles. The number of hydrogen-bond acceptors (Lipinski definition) is 6. The van der Waals surface area contributed by atoms with Crippen LogP contribution in [0.1, 0.15) is 10.6 Å². The summed E-state index contributed by atoms with van der Waals surface area (Å²) >= 11 is 1.53. The lowest BCUT2D eigenvalue weighted by Crippen LogP contribution is -2.07. The second-order valence-electron chi connectivity index (χ2n) is 5.25. The van der Waals surface area contributed by atoms with Crippen LogP contribution in [-0.2, 0) is 22.6 Å². The number of carbonyl (C=O) groups excluding carboxylic acids is 1. The van der Waals surface area contributed by atoms with Crippen molar-refractivity contribution in [1.29, 1.82) is 0 Å². The Labute approximate surface area is 141 Å². The van der Waals surface area contributed by atoms with Gasteiger partial charge in [-0.3, -0.25) is 4.79 Å². The van der Waals surface area contributed by atoms with Crippen LogP contribution in [0.15, 0.2) is 62.9 Å². The number of hydrogen-bond donors (Lipinski definition) is 0. The number of rotatable bonds is 5. The summed E-state index contributed by atoms with van der Waals surface area (Å²) in [6.45, 7) is 0.0773. The molecular formula is C18H13NO4S. The number of nitrogens with zero attached hydrogens (tertiary/aromatic N) is 1. The molecule has 0 spiro atoms. The van der Waals surface area contributed by atoms with Gasteiger partial charge < -0.3 is 13.7 Å². The van der Waals surface area contributed by atoms with E-state index in [4.69, 9.17) is 13.7 Å². The number of benzene rings is 1. The molecule has 0 saturated carbocycles. The van der Waals surface area contributed by atoms with E-state index in [1.165, 1.54) is 11.3 Å². The number of carbonyl (C=O) groups is 1. The number of furan rings is 1. The van der Waals surface area contributed by atoms with Gasteiger partial charge in [-0.15, -0.1) is 11.3 Å². The molecule has 120 valence electrons. The van der Waals surface area contributed by atoms with Crippen LogP contribution in [0, 0.1) is 0 Å². The Kier molecular flexibility index (Phi) is 3.88. The van der Waals surface area contributed by atoms with E-state index in [0.717, 1.165) is 15.8 Å². The first-order valence-electron chi connectivity index (χ1n) is 7.40. The highest BCUT2D eigenvalue weighted by Crippen LogP contribution is 2.28. The minimum atomic E-state index is -0.286. The van der Waals surface area contributed by atoms with Crippen LogP contribution in [0.2, 0.25) is 0 Å². The van der Waals surface area contributed by atoms with Crippen LogP contribution in [0.5, 0.6) is 0 Å². The normalized spacial score (nSPS) is 11.0. The standard InChI is InChI=1S/C18H13NO4S/c20-18(10-14-5-3-7-24-14)21-11-13-9-17(23-19-13)16-8-12-4-1-2-6-15(12)22-16/h1-9H,10-11H2. The minimum Gasteiger partial charge on any atom is -0.459 e. The largest absolute Gasteiger partial charge is 0.459 e. The number of ether oxygens (including phenoxy) is 1. The van der Waals surface area contributed by atoms with Crippen LogP contribution >= 0.6 is 11.3 Å². The first kappa shape index (κ1) is 14.7. The molecule has 0 N–H and O–H groups in total. The number of para-hydroxylation sites is 1. The van der Waals surface area contributed by atoms with Crippen molar-refractivity contribution >= 4 is 28.3 Å². The highest BCUT2D eigenvalue weighted by molar-refractivity contribution is 7.10. The number of fused-ring (bicyclic) bond motifs is 1. The maximum Gasteiger partial charge on any atom is 0.311 e. The summed E-state index contributed by atoms with van der Waals surface area (Å²) in [7, 11) is 0. The molecule has 0 aliphatic heterocycles. The molecule has 24 heavy (non-hydrogen) atoms. The molecule has 0 aliphatic carbocycles. The van der Waals surface area contributed by atoms with Crippen molar-refractivity contribution < 1.29 is 18.5 Å². The molecule has 3 aromatic heterocycles. The van der Waals surface area contributed by atoms with Gasteiger partial charge in [0.15, 0.2) is 5.76 Å². The number of aromatic nitrogens is 1. The van der Waals surface area contributed by atoms with E-state index >= 15 is 0 Å². The molecular weight excluding hydrogens is 326 g/mol. The zero-order valence-corrected chi connectivity index (χ0v) is 13.4. The van der Waals surface area contributed by atoms with E-state index in [-0.39, 0.29) is 19.0 Å². The first-order chi connectivity index (χ1) is 11.8. The topological polar surface area (TPSA) is 65.5 Å². The summed E-state index contributed by atoms with van der Waals surface area (Å²) in [6, 6.07) is 15.1. The second kappa shape index (κ2) is 6.33. The van der Waals surface area contributed by atoms with Crippen molar-refractivity contribution in [2.45, 2.75) is 13.0 Å². The van der Waals surface area contributed by atoms with Crippen LogP contribution in [0.4, 0.5) is 0 Å². The SMILES string of the molecule is O=C(Cc1cccs1)OCc1cc(-c2cc3ccccc3o2)on1. The first-order valence-corrected chi connectivity index (χ1v) is 8.28. The third-order valence-electron chi connectivity index (χ3n) is 3.51. The zero-order chi connectivity index (χ0) is 16.4. The second-order valence-corrected chi connectivity index (χ2v) is 6.28. The van der Waals surface area contributed by atoms with E-state index < -0.39 is 0 Å². The Morgan fingerprint density at radius 3 is 2.88 bits per heavy atom. The smallest absolute Gasteiger partial charge is 0.311 e. The van der Waals surface area contributed by atoms with E-state index in [1.54, 1.807) is 6.07 Å². The van der Waals surface area contributed by atoms with Crippen LogP contribution in [0.3, 0.4) is 0 Å². The summed E-state index contributed by atoms with van der Waals surface area (Å²) in [5.74, 6) is 0.820. The molecule has 0 unspecified atom stereocenters. The summed E-state index contributed by atoms with van der Waals surface area (Å²) < 4.78 is 16.2. The highest BCUT2D eigenvalue weighted by Gasteiger charge is 2.13. The summed E-state index contributed by atoms with van der Waals surface area (Å²) in [6.07, 6.45) is 0.270. The Morgan fingerprint density at radius 1 is 1.12 bits per heavy atom. The molecule has 4 aromatic rings. The summed E-state index contributed by atoms with van der Waals surface area (Å²) in [5.41, 5.74) is 1.33. The summed E-state index contributed by atoms with van der Waals surface area (Å²) in [4.78, 5) is 12.8. The summed E-state index contributed by atoms with van der Waals surface area (Å²) in [5, 5.41) is 6.85. The zero-order valence-electron chi connectivity index (χ0n) is 12.6. The third kappa shape index (κ3) is 3.09. The van der Waals surface area contributed by atoms with Crippen molar-refractivity contribution in [3.8, 4) is 11.5 Å². The molecule has 0 aliphatic rings. The fourth-order valence-corrected chi connectivity index (χ4v) is 3.05. The van der Waals surface area contributed by atoms with Gasteiger partial charge in [0.05, 0.1) is 6.42 Å². The van der Waals surface area contributed by atoms with Crippen LogP contribution in [-0.4, -0.2) is 11.1 Å². The molecule has 0 radical (unpaired) electrons. The Morgan fingerprint density at radius 2 is 2.04 bits per heavy atom. The van der Waals surface area contributed by atoms with Gasteiger partial charge in [-0.05, 0) is 23.6 Å². The number of thiophene rings is 1. The lowest BCUT2D eigenvalue weighted by atomic mass is 10.2. The van der Waals surface area contributed by atoms with Gasteiger partial charge in [0.25, 0.3) is 0 Å².